The van der Waals surface area contributed by atoms with E-state index >= 15 is 0 Å². The minimum Gasteiger partial charge on any atom is -0.481 e. The number of amides is 2. The van der Waals surface area contributed by atoms with Gasteiger partial charge in [-0.25, -0.2) is 4.79 Å². The van der Waals surface area contributed by atoms with E-state index in [0.717, 1.165) is 24.8 Å². The lowest BCUT2D eigenvalue weighted by Crippen LogP contribution is -2.49. The van der Waals surface area contributed by atoms with Gasteiger partial charge in [0.1, 0.15) is 0 Å². The van der Waals surface area contributed by atoms with Crippen molar-refractivity contribution in [2.24, 2.45) is 5.92 Å². The number of nitrogens with one attached hydrogen (secondary N) is 2. The van der Waals surface area contributed by atoms with Crippen molar-refractivity contribution in [3.8, 4) is 0 Å². The van der Waals surface area contributed by atoms with Gasteiger partial charge in [-0.15, -0.1) is 0 Å². The van der Waals surface area contributed by atoms with E-state index in [0.29, 0.717) is 25.4 Å². The van der Waals surface area contributed by atoms with Crippen LogP contribution in [-0.4, -0.2) is 41.9 Å². The van der Waals surface area contributed by atoms with Gasteiger partial charge in [-0.1, -0.05) is 44.2 Å². The Hall–Kier alpha value is -2.08. The highest BCUT2D eigenvalue weighted by Crippen LogP contribution is 2.20. The van der Waals surface area contributed by atoms with Gasteiger partial charge in [0.05, 0.1) is 6.10 Å². The molecule has 1 heterocycles. The molecule has 0 bridgehead atoms. The largest absolute Gasteiger partial charge is 0.481 e. The smallest absolute Gasteiger partial charge is 0.315 e. The molecule has 3 atom stereocenters. The highest BCUT2D eigenvalue weighted by atomic mass is 16.5. The van der Waals surface area contributed by atoms with Crippen molar-refractivity contribution in [1.29, 1.82) is 0 Å². The molecular formula is C21H32N2O4. The molecule has 0 saturated carbocycles. The number of carbonyl (C=O) groups excluding carboxylic acids is 1. The fourth-order valence-corrected chi connectivity index (χ4v) is 3.54. The highest BCUT2D eigenvalue weighted by Gasteiger charge is 2.25. The second-order valence-electron chi connectivity index (χ2n) is 7.78. The maximum atomic E-state index is 12.5. The second-order valence-corrected chi connectivity index (χ2v) is 7.78. The van der Waals surface area contributed by atoms with E-state index in [1.54, 1.807) is 0 Å². The van der Waals surface area contributed by atoms with Crippen molar-refractivity contribution in [3.05, 3.63) is 35.9 Å². The Balaban J connectivity index is 1.87. The van der Waals surface area contributed by atoms with Gasteiger partial charge in [-0.2, -0.15) is 0 Å². The average Bonchev–Trinajstić information content (AvgIpc) is 2.60. The summed E-state index contributed by atoms with van der Waals surface area (Å²) in [5.74, 6) is -0.287. The second kappa shape index (κ2) is 10.9. The summed E-state index contributed by atoms with van der Waals surface area (Å²) >= 11 is 0. The fraction of sp³-hybridized carbons (Fsp3) is 0.619. The zero-order chi connectivity index (χ0) is 19.6. The summed E-state index contributed by atoms with van der Waals surface area (Å²) in [5.41, 5.74) is 1.08. The first-order valence-electron chi connectivity index (χ1n) is 9.86. The topological polar surface area (TPSA) is 87.7 Å². The molecule has 3 unspecified atom stereocenters. The molecule has 0 aliphatic carbocycles. The van der Waals surface area contributed by atoms with Crippen LogP contribution in [0.3, 0.4) is 0 Å². The summed E-state index contributed by atoms with van der Waals surface area (Å²) in [6, 6.07) is 9.46. The zero-order valence-corrected chi connectivity index (χ0v) is 16.3. The molecule has 1 aromatic carbocycles. The number of hydrogen-bond donors (Lipinski definition) is 3. The number of urea groups is 1. The monoisotopic (exact) mass is 376 g/mol. The molecular weight excluding hydrogens is 344 g/mol. The van der Waals surface area contributed by atoms with Crippen molar-refractivity contribution in [3.63, 3.8) is 0 Å². The quantitative estimate of drug-likeness (QED) is 0.617. The summed E-state index contributed by atoms with van der Waals surface area (Å²) in [6.07, 6.45) is 3.87. The molecule has 3 N–H and O–H groups in total. The summed E-state index contributed by atoms with van der Waals surface area (Å²) in [5, 5.41) is 15.0. The van der Waals surface area contributed by atoms with Gasteiger partial charge in [-0.3, -0.25) is 4.79 Å². The number of carboxylic acid groups (broad SMARTS) is 1. The Morgan fingerprint density at radius 1 is 1.26 bits per heavy atom. The lowest BCUT2D eigenvalue weighted by atomic mass is 9.96. The van der Waals surface area contributed by atoms with E-state index in [1.165, 1.54) is 0 Å². The molecule has 1 aromatic rings. The standard InChI is InChI=1S/C21H32N2O4/c1-15(2)12-19-14-18(10-11-27-19)23-21(26)22-17(8-9-20(24)25)13-16-6-4-3-5-7-16/h3-7,15,17-19H,8-14H2,1-2H3,(H,24,25)(H2,22,23,26). The molecule has 1 fully saturated rings. The molecule has 1 saturated heterocycles. The zero-order valence-electron chi connectivity index (χ0n) is 16.3. The highest BCUT2D eigenvalue weighted by molar-refractivity contribution is 5.74. The Morgan fingerprint density at radius 2 is 2.00 bits per heavy atom. The van der Waals surface area contributed by atoms with Crippen molar-refractivity contribution < 1.29 is 19.4 Å². The first-order valence-corrected chi connectivity index (χ1v) is 9.86. The van der Waals surface area contributed by atoms with E-state index in [-0.39, 0.29) is 30.6 Å². The number of carboxylic acids is 1. The van der Waals surface area contributed by atoms with Crippen LogP contribution in [0, 0.1) is 5.92 Å². The number of benzene rings is 1. The van der Waals surface area contributed by atoms with E-state index < -0.39 is 5.97 Å². The van der Waals surface area contributed by atoms with Crippen LogP contribution in [0.2, 0.25) is 0 Å². The van der Waals surface area contributed by atoms with E-state index in [4.69, 9.17) is 9.84 Å². The van der Waals surface area contributed by atoms with Crippen LogP contribution in [-0.2, 0) is 16.0 Å². The predicted octanol–water partition coefficient (Wildman–Crippen LogP) is 3.36. The van der Waals surface area contributed by atoms with Crippen molar-refractivity contribution in [1.82, 2.24) is 10.6 Å². The molecule has 27 heavy (non-hydrogen) atoms. The Morgan fingerprint density at radius 3 is 2.67 bits per heavy atom. The molecule has 1 aliphatic heterocycles. The maximum Gasteiger partial charge on any atom is 0.315 e. The number of aliphatic carboxylic acids is 1. The normalized spacial score (nSPS) is 20.9. The van der Waals surface area contributed by atoms with Crippen LogP contribution >= 0.6 is 0 Å². The van der Waals surface area contributed by atoms with E-state index in [1.807, 2.05) is 30.3 Å². The van der Waals surface area contributed by atoms with Gasteiger partial charge in [0.25, 0.3) is 0 Å². The molecule has 0 spiro atoms. The van der Waals surface area contributed by atoms with Crippen molar-refractivity contribution >= 4 is 12.0 Å². The molecule has 6 nitrogen and oxygen atoms in total. The Labute approximate surface area is 161 Å². The molecule has 0 radical (unpaired) electrons. The summed E-state index contributed by atoms with van der Waals surface area (Å²) < 4.78 is 5.79. The van der Waals surface area contributed by atoms with Crippen molar-refractivity contribution in [2.75, 3.05) is 6.61 Å². The molecule has 6 heteroatoms. The fourth-order valence-electron chi connectivity index (χ4n) is 3.54. The lowest BCUT2D eigenvalue weighted by Gasteiger charge is -2.31. The SMILES string of the molecule is CC(C)CC1CC(NC(=O)NC(CCC(=O)O)Cc2ccccc2)CCO1. The molecule has 150 valence electrons. The summed E-state index contributed by atoms with van der Waals surface area (Å²) in [7, 11) is 0. The minimum absolute atomic E-state index is 0.0332. The molecule has 2 rings (SSSR count). The lowest BCUT2D eigenvalue weighted by molar-refractivity contribution is -0.137. The van der Waals surface area contributed by atoms with E-state index in [2.05, 4.69) is 24.5 Å². The van der Waals surface area contributed by atoms with Crippen LogP contribution in [0.5, 0.6) is 0 Å². The van der Waals surface area contributed by atoms with Gasteiger partial charge in [0, 0.05) is 25.1 Å². The van der Waals surface area contributed by atoms with Gasteiger partial charge < -0.3 is 20.5 Å². The number of carbonyl (C=O) groups is 2. The molecule has 0 aromatic heterocycles. The van der Waals surface area contributed by atoms with Crippen LogP contribution < -0.4 is 10.6 Å². The van der Waals surface area contributed by atoms with E-state index in [9.17, 15) is 9.59 Å². The number of rotatable bonds is 9. The van der Waals surface area contributed by atoms with Crippen LogP contribution in [0.1, 0.15) is 51.5 Å². The number of ether oxygens (including phenoxy) is 1. The third-order valence-corrected chi connectivity index (χ3v) is 4.80. The van der Waals surface area contributed by atoms with Gasteiger partial charge in [0.15, 0.2) is 0 Å². The molecule has 1 aliphatic rings. The van der Waals surface area contributed by atoms with Gasteiger partial charge >= 0.3 is 12.0 Å². The average molecular weight is 376 g/mol. The number of hydrogen-bond acceptors (Lipinski definition) is 3. The van der Waals surface area contributed by atoms with Crippen LogP contribution in [0.15, 0.2) is 30.3 Å². The molecule has 2 amide bonds. The van der Waals surface area contributed by atoms with Crippen LogP contribution in [0.25, 0.3) is 0 Å². The first kappa shape index (κ1) is 21.2. The van der Waals surface area contributed by atoms with Gasteiger partial charge in [0.2, 0.25) is 0 Å². The predicted molar refractivity (Wildman–Crippen MR) is 105 cm³/mol. The first-order chi connectivity index (χ1) is 12.9. The maximum absolute atomic E-state index is 12.5. The Bertz CT molecular complexity index is 591. The summed E-state index contributed by atoms with van der Waals surface area (Å²) in [6.45, 7) is 5.00. The van der Waals surface area contributed by atoms with Crippen LogP contribution in [0.4, 0.5) is 4.79 Å². The third-order valence-electron chi connectivity index (χ3n) is 4.80. The third kappa shape index (κ3) is 8.43. The minimum atomic E-state index is -0.851. The summed E-state index contributed by atoms with van der Waals surface area (Å²) in [4.78, 5) is 23.4. The Kier molecular flexibility index (Phi) is 8.58. The van der Waals surface area contributed by atoms with Gasteiger partial charge in [-0.05, 0) is 43.6 Å². The van der Waals surface area contributed by atoms with Crippen molar-refractivity contribution in [2.45, 2.75) is 70.6 Å².